The van der Waals surface area contributed by atoms with Gasteiger partial charge in [-0.1, -0.05) is 24.6 Å². The van der Waals surface area contributed by atoms with Gasteiger partial charge in [0.25, 0.3) is 0 Å². The quantitative estimate of drug-likeness (QED) is 0.782. The van der Waals surface area contributed by atoms with Gasteiger partial charge in [-0.15, -0.1) is 0 Å². The molecule has 0 saturated carbocycles. The van der Waals surface area contributed by atoms with Gasteiger partial charge in [-0.05, 0) is 31.4 Å². The summed E-state index contributed by atoms with van der Waals surface area (Å²) in [5, 5.41) is 9.71. The Kier molecular flexibility index (Phi) is 3.36. The van der Waals surface area contributed by atoms with E-state index in [4.69, 9.17) is 16.9 Å². The van der Waals surface area contributed by atoms with Gasteiger partial charge in [-0.25, -0.2) is 0 Å². The molecule has 3 heteroatoms. The third kappa shape index (κ3) is 1.88. The zero-order chi connectivity index (χ0) is 11.5. The minimum atomic E-state index is 0.557. The predicted octanol–water partition coefficient (Wildman–Crippen LogP) is 3.59. The first-order valence-corrected chi connectivity index (χ1v) is 6.11. The van der Waals surface area contributed by atoms with Crippen molar-refractivity contribution in [3.05, 3.63) is 28.8 Å². The maximum atomic E-state index is 9.16. The second-order valence-electron chi connectivity index (χ2n) is 4.14. The van der Waals surface area contributed by atoms with E-state index in [0.29, 0.717) is 16.6 Å². The predicted molar refractivity (Wildman–Crippen MR) is 66.8 cm³/mol. The average Bonchev–Trinajstić information content (AvgIpc) is 2.76. The largest absolute Gasteiger partial charge is 0.367 e. The number of nitriles is 1. The van der Waals surface area contributed by atoms with E-state index in [1.807, 2.05) is 12.1 Å². The van der Waals surface area contributed by atoms with Crippen molar-refractivity contribution in [2.75, 3.05) is 11.4 Å². The van der Waals surface area contributed by atoms with E-state index in [1.54, 1.807) is 6.07 Å². The van der Waals surface area contributed by atoms with Crippen LogP contribution in [0.25, 0.3) is 0 Å². The molecular formula is C13H15ClN2. The molecule has 1 aromatic carbocycles. The number of hydrogen-bond donors (Lipinski definition) is 0. The number of rotatable bonds is 2. The van der Waals surface area contributed by atoms with Crippen LogP contribution in [0.4, 0.5) is 5.69 Å². The number of nitrogens with zero attached hydrogens (tertiary/aromatic N) is 2. The van der Waals surface area contributed by atoms with Crippen LogP contribution < -0.4 is 4.90 Å². The van der Waals surface area contributed by atoms with Gasteiger partial charge < -0.3 is 4.90 Å². The van der Waals surface area contributed by atoms with Crippen LogP contribution in [0.3, 0.4) is 0 Å². The van der Waals surface area contributed by atoms with Gasteiger partial charge in [0, 0.05) is 12.6 Å². The zero-order valence-corrected chi connectivity index (χ0v) is 10.2. The van der Waals surface area contributed by atoms with E-state index in [2.05, 4.69) is 17.9 Å². The van der Waals surface area contributed by atoms with Gasteiger partial charge in [-0.3, -0.25) is 0 Å². The molecule has 84 valence electrons. The summed E-state index contributed by atoms with van der Waals surface area (Å²) >= 11 is 6.05. The van der Waals surface area contributed by atoms with Crippen LogP contribution in [0.2, 0.25) is 5.02 Å². The highest BCUT2D eigenvalue weighted by Gasteiger charge is 2.25. The lowest BCUT2D eigenvalue weighted by atomic mass is 10.1. The van der Waals surface area contributed by atoms with Crippen LogP contribution in [-0.4, -0.2) is 12.6 Å². The van der Waals surface area contributed by atoms with Gasteiger partial charge in [0.2, 0.25) is 0 Å². The van der Waals surface area contributed by atoms with Crippen molar-refractivity contribution in [3.63, 3.8) is 0 Å². The molecule has 1 aliphatic rings. The molecule has 1 atom stereocenters. The Morgan fingerprint density at radius 2 is 2.38 bits per heavy atom. The highest BCUT2D eigenvalue weighted by Crippen LogP contribution is 2.32. The molecule has 16 heavy (non-hydrogen) atoms. The van der Waals surface area contributed by atoms with Gasteiger partial charge >= 0.3 is 0 Å². The Morgan fingerprint density at radius 1 is 1.56 bits per heavy atom. The Morgan fingerprint density at radius 3 is 3.06 bits per heavy atom. The van der Waals surface area contributed by atoms with E-state index in [9.17, 15) is 0 Å². The maximum Gasteiger partial charge on any atom is 0.103 e. The van der Waals surface area contributed by atoms with Gasteiger partial charge in [0.15, 0.2) is 0 Å². The van der Waals surface area contributed by atoms with Crippen molar-refractivity contribution >= 4 is 17.3 Å². The Bertz CT molecular complexity index is 422. The lowest BCUT2D eigenvalue weighted by molar-refractivity contribution is 0.645. The molecule has 1 unspecified atom stereocenters. The number of halogens is 1. The zero-order valence-electron chi connectivity index (χ0n) is 9.41. The van der Waals surface area contributed by atoms with Crippen LogP contribution in [0.5, 0.6) is 0 Å². The van der Waals surface area contributed by atoms with Gasteiger partial charge in [0.1, 0.15) is 6.07 Å². The standard InChI is InChI=1S/C13H15ClN2/c1-2-10-5-4-8-16(10)13-7-3-6-12(14)11(13)9-15/h3,6-7,10H,2,4-5,8H2,1H3. The fraction of sp³-hybridized carbons (Fsp3) is 0.462. The third-order valence-corrected chi connectivity index (χ3v) is 3.58. The molecule has 1 fully saturated rings. The number of anilines is 1. The van der Waals surface area contributed by atoms with Crippen molar-refractivity contribution < 1.29 is 0 Å². The molecule has 0 aromatic heterocycles. The summed E-state index contributed by atoms with van der Waals surface area (Å²) in [6.07, 6.45) is 3.54. The van der Waals surface area contributed by atoms with Gasteiger partial charge in [-0.2, -0.15) is 5.26 Å². The second-order valence-corrected chi connectivity index (χ2v) is 4.55. The summed E-state index contributed by atoms with van der Waals surface area (Å²) < 4.78 is 0. The molecule has 1 aromatic rings. The average molecular weight is 235 g/mol. The summed E-state index contributed by atoms with van der Waals surface area (Å²) in [5.74, 6) is 0. The normalized spacial score (nSPS) is 19.8. The minimum absolute atomic E-state index is 0.557. The van der Waals surface area contributed by atoms with Crippen LogP contribution in [0, 0.1) is 11.3 Å². The van der Waals surface area contributed by atoms with E-state index >= 15 is 0 Å². The SMILES string of the molecule is CCC1CCCN1c1cccc(Cl)c1C#N. The van der Waals surface area contributed by atoms with Gasteiger partial charge in [0.05, 0.1) is 16.3 Å². The third-order valence-electron chi connectivity index (χ3n) is 3.26. The molecule has 0 amide bonds. The van der Waals surface area contributed by atoms with E-state index < -0.39 is 0 Å². The van der Waals surface area contributed by atoms with E-state index in [0.717, 1.165) is 18.7 Å². The van der Waals surface area contributed by atoms with Crippen molar-refractivity contribution in [2.24, 2.45) is 0 Å². The molecule has 1 heterocycles. The summed E-state index contributed by atoms with van der Waals surface area (Å²) in [6.45, 7) is 3.23. The summed E-state index contributed by atoms with van der Waals surface area (Å²) in [5.41, 5.74) is 1.61. The molecule has 1 saturated heterocycles. The van der Waals surface area contributed by atoms with Crippen LogP contribution in [0.1, 0.15) is 31.7 Å². The smallest absolute Gasteiger partial charge is 0.103 e. The van der Waals surface area contributed by atoms with Crippen LogP contribution in [-0.2, 0) is 0 Å². The molecule has 0 aliphatic carbocycles. The Balaban J connectivity index is 2.40. The monoisotopic (exact) mass is 234 g/mol. The molecule has 0 N–H and O–H groups in total. The molecule has 1 aliphatic heterocycles. The fourth-order valence-corrected chi connectivity index (χ4v) is 2.65. The highest BCUT2D eigenvalue weighted by atomic mass is 35.5. The summed E-state index contributed by atoms with van der Waals surface area (Å²) in [6, 6.07) is 8.47. The van der Waals surface area contributed by atoms with Crippen molar-refractivity contribution in [1.29, 1.82) is 5.26 Å². The van der Waals surface area contributed by atoms with E-state index in [1.165, 1.54) is 12.8 Å². The van der Waals surface area contributed by atoms with Crippen LogP contribution in [0.15, 0.2) is 18.2 Å². The van der Waals surface area contributed by atoms with Crippen molar-refractivity contribution in [3.8, 4) is 6.07 Å². The number of benzene rings is 1. The molecule has 2 rings (SSSR count). The fourth-order valence-electron chi connectivity index (χ4n) is 2.44. The molecule has 0 bridgehead atoms. The molecule has 0 radical (unpaired) electrons. The van der Waals surface area contributed by atoms with E-state index in [-0.39, 0.29) is 0 Å². The first kappa shape index (κ1) is 11.3. The molecule has 0 spiro atoms. The lowest BCUT2D eigenvalue weighted by Crippen LogP contribution is -2.29. The second kappa shape index (κ2) is 4.76. The number of hydrogen-bond acceptors (Lipinski definition) is 2. The lowest BCUT2D eigenvalue weighted by Gasteiger charge is -2.27. The van der Waals surface area contributed by atoms with Crippen molar-refractivity contribution in [1.82, 2.24) is 0 Å². The molecule has 2 nitrogen and oxygen atoms in total. The van der Waals surface area contributed by atoms with Crippen molar-refractivity contribution in [2.45, 2.75) is 32.2 Å². The topological polar surface area (TPSA) is 27.0 Å². The summed E-state index contributed by atoms with van der Waals surface area (Å²) in [4.78, 5) is 2.32. The Labute approximate surface area is 101 Å². The van der Waals surface area contributed by atoms with Crippen LogP contribution >= 0.6 is 11.6 Å². The minimum Gasteiger partial charge on any atom is -0.367 e. The first-order valence-electron chi connectivity index (χ1n) is 5.73. The molecular weight excluding hydrogens is 220 g/mol. The highest BCUT2D eigenvalue weighted by molar-refractivity contribution is 6.32. The first-order chi connectivity index (χ1) is 7.77. The Hall–Kier alpha value is -1.20. The maximum absolute atomic E-state index is 9.16. The summed E-state index contributed by atoms with van der Waals surface area (Å²) in [7, 11) is 0.